The Morgan fingerprint density at radius 3 is 1.76 bits per heavy atom. The Kier molecular flexibility index (Phi) is 8.23. The van der Waals surface area contributed by atoms with Crippen molar-refractivity contribution in [3.8, 4) is 23.0 Å². The Balaban J connectivity index is 1.74. The van der Waals surface area contributed by atoms with E-state index in [-0.39, 0.29) is 17.3 Å². The van der Waals surface area contributed by atoms with Crippen LogP contribution in [0, 0.1) is 27.9 Å². The molecule has 5 rings (SSSR count). The number of nitro groups is 1. The summed E-state index contributed by atoms with van der Waals surface area (Å²) in [5.41, 5.74) is 3.39. The zero-order chi connectivity index (χ0) is 28.6. The molecule has 5 aromatic rings. The van der Waals surface area contributed by atoms with Crippen LogP contribution in [0.15, 0.2) is 140 Å². The van der Waals surface area contributed by atoms with Crippen LogP contribution in [0.4, 0.5) is 5.69 Å². The van der Waals surface area contributed by atoms with Crippen LogP contribution < -0.4 is 0 Å². The highest BCUT2D eigenvalue weighted by Gasteiger charge is 2.37. The minimum Gasteiger partial charge on any atom is -0.293 e. The highest BCUT2D eigenvalue weighted by Crippen LogP contribution is 2.37. The maximum atomic E-state index is 14.2. The first-order chi connectivity index (χ1) is 20.0. The first-order valence-corrected chi connectivity index (χ1v) is 13.1. The second kappa shape index (κ2) is 12.5. The number of hydrogen-bond acceptors (Lipinski definition) is 4. The predicted molar refractivity (Wildman–Crippen MR) is 160 cm³/mol. The maximum Gasteiger partial charge on any atom is 0.270 e. The molecule has 0 bridgehead atoms. The van der Waals surface area contributed by atoms with Crippen molar-refractivity contribution < 1.29 is 14.5 Å². The fourth-order valence-corrected chi connectivity index (χ4v) is 4.83. The van der Waals surface area contributed by atoms with Crippen LogP contribution in [0.5, 0.6) is 0 Å². The lowest BCUT2D eigenvalue weighted by Crippen LogP contribution is -2.30. The lowest BCUT2D eigenvalue weighted by atomic mass is 9.75. The van der Waals surface area contributed by atoms with Gasteiger partial charge in [0.05, 0.1) is 10.8 Å². The fraction of sp³-hybridized carbons (Fsp3) is 0.0556. The van der Waals surface area contributed by atoms with E-state index in [0.29, 0.717) is 27.8 Å². The standard InChI is InChI=1S/C36H25NO4/c38-35(27-15-6-2-7-16-27)34(36(39)28-17-8-3-9-18-28)33(24-23-26-13-4-1-5-14-26)32-22-11-10-21-31(32)29-19-12-20-30(25-29)37(40)41/h1-22,25,33-34H. The third-order valence-electron chi connectivity index (χ3n) is 6.82. The summed E-state index contributed by atoms with van der Waals surface area (Å²) in [6.45, 7) is 0. The van der Waals surface area contributed by atoms with Crippen LogP contribution in [0.2, 0.25) is 0 Å². The van der Waals surface area contributed by atoms with Crippen molar-refractivity contribution in [1.29, 1.82) is 0 Å². The Morgan fingerprint density at radius 1 is 0.634 bits per heavy atom. The van der Waals surface area contributed by atoms with E-state index in [1.165, 1.54) is 12.1 Å². The van der Waals surface area contributed by atoms with Gasteiger partial charge in [0.25, 0.3) is 5.69 Å². The molecule has 1 unspecified atom stereocenters. The average Bonchev–Trinajstić information content (AvgIpc) is 3.04. The molecule has 1 atom stereocenters. The number of ketones is 2. The van der Waals surface area contributed by atoms with Gasteiger partial charge in [-0.25, -0.2) is 0 Å². The largest absolute Gasteiger partial charge is 0.293 e. The van der Waals surface area contributed by atoms with Crippen LogP contribution in [-0.4, -0.2) is 16.5 Å². The van der Waals surface area contributed by atoms with Crippen LogP contribution in [0.25, 0.3) is 11.1 Å². The number of carbonyl (C=O) groups excluding carboxylic acids is 2. The van der Waals surface area contributed by atoms with E-state index in [2.05, 4.69) is 11.8 Å². The zero-order valence-electron chi connectivity index (χ0n) is 22.0. The van der Waals surface area contributed by atoms with Crippen LogP contribution in [-0.2, 0) is 0 Å². The normalized spacial score (nSPS) is 11.2. The average molecular weight is 536 g/mol. The van der Waals surface area contributed by atoms with Crippen molar-refractivity contribution >= 4 is 17.3 Å². The number of hydrogen-bond donors (Lipinski definition) is 0. The van der Waals surface area contributed by atoms with Gasteiger partial charge in [-0.15, -0.1) is 0 Å². The molecule has 0 saturated carbocycles. The van der Waals surface area contributed by atoms with Gasteiger partial charge >= 0.3 is 0 Å². The molecule has 0 aromatic heterocycles. The number of nitro benzene ring substituents is 1. The van der Waals surface area contributed by atoms with E-state index >= 15 is 0 Å². The molecular formula is C36H25NO4. The number of carbonyl (C=O) groups is 2. The minimum absolute atomic E-state index is 0.0542. The summed E-state index contributed by atoms with van der Waals surface area (Å²) in [5, 5.41) is 11.6. The summed E-state index contributed by atoms with van der Waals surface area (Å²) in [5.74, 6) is 3.74. The molecule has 0 amide bonds. The van der Waals surface area contributed by atoms with Gasteiger partial charge in [0.1, 0.15) is 5.92 Å². The highest BCUT2D eigenvalue weighted by molar-refractivity contribution is 6.17. The quantitative estimate of drug-likeness (QED) is 0.0668. The molecule has 0 spiro atoms. The number of benzene rings is 5. The SMILES string of the molecule is O=C(c1ccccc1)C(C(=O)c1ccccc1)C(C#Cc1ccccc1)c1ccccc1-c1cccc([N+](=O)[O-])c1. The van der Waals surface area contributed by atoms with Crippen molar-refractivity contribution in [2.24, 2.45) is 5.92 Å². The minimum atomic E-state index is -1.17. The Morgan fingerprint density at radius 2 is 1.17 bits per heavy atom. The monoisotopic (exact) mass is 535 g/mol. The molecule has 0 saturated heterocycles. The molecular weight excluding hydrogens is 510 g/mol. The van der Waals surface area contributed by atoms with Crippen LogP contribution >= 0.6 is 0 Å². The second-order valence-corrected chi connectivity index (χ2v) is 9.45. The van der Waals surface area contributed by atoms with E-state index in [1.807, 2.05) is 66.7 Å². The second-order valence-electron chi connectivity index (χ2n) is 9.45. The van der Waals surface area contributed by atoms with Crippen molar-refractivity contribution in [2.75, 3.05) is 0 Å². The Labute approximate surface area is 238 Å². The molecule has 5 nitrogen and oxygen atoms in total. The van der Waals surface area contributed by atoms with Gasteiger partial charge in [0, 0.05) is 28.8 Å². The van der Waals surface area contributed by atoms with Crippen molar-refractivity contribution in [3.63, 3.8) is 0 Å². The van der Waals surface area contributed by atoms with E-state index in [0.717, 1.165) is 5.56 Å². The molecule has 0 N–H and O–H groups in total. The molecule has 0 aliphatic rings. The summed E-state index contributed by atoms with van der Waals surface area (Å²) in [6.07, 6.45) is 0. The lowest BCUT2D eigenvalue weighted by molar-refractivity contribution is -0.384. The van der Waals surface area contributed by atoms with Crippen molar-refractivity contribution in [1.82, 2.24) is 0 Å². The van der Waals surface area contributed by atoms with Crippen LogP contribution in [0.1, 0.15) is 37.8 Å². The predicted octanol–water partition coefficient (Wildman–Crippen LogP) is 7.78. The van der Waals surface area contributed by atoms with E-state index in [4.69, 9.17) is 0 Å². The van der Waals surface area contributed by atoms with Gasteiger partial charge < -0.3 is 0 Å². The molecule has 0 radical (unpaired) electrons. The number of non-ortho nitro benzene ring substituents is 1. The third-order valence-corrected chi connectivity index (χ3v) is 6.82. The fourth-order valence-electron chi connectivity index (χ4n) is 4.83. The van der Waals surface area contributed by atoms with E-state index < -0.39 is 16.8 Å². The molecule has 0 heterocycles. The highest BCUT2D eigenvalue weighted by atomic mass is 16.6. The molecule has 5 aromatic carbocycles. The van der Waals surface area contributed by atoms with E-state index in [1.54, 1.807) is 60.7 Å². The molecule has 0 fully saturated rings. The topological polar surface area (TPSA) is 77.3 Å². The summed E-state index contributed by atoms with van der Waals surface area (Å²) >= 11 is 0. The maximum absolute atomic E-state index is 14.2. The Hall–Kier alpha value is -5.60. The van der Waals surface area contributed by atoms with Gasteiger partial charge in [0.15, 0.2) is 11.6 Å². The van der Waals surface area contributed by atoms with Gasteiger partial charge in [-0.3, -0.25) is 19.7 Å². The van der Waals surface area contributed by atoms with E-state index in [9.17, 15) is 19.7 Å². The molecule has 41 heavy (non-hydrogen) atoms. The summed E-state index contributed by atoms with van der Waals surface area (Å²) < 4.78 is 0. The first kappa shape index (κ1) is 27.0. The number of rotatable bonds is 8. The zero-order valence-corrected chi connectivity index (χ0v) is 22.0. The molecule has 0 aliphatic carbocycles. The van der Waals surface area contributed by atoms with Crippen molar-refractivity contribution in [2.45, 2.75) is 5.92 Å². The van der Waals surface area contributed by atoms with Gasteiger partial charge in [-0.1, -0.05) is 127 Å². The smallest absolute Gasteiger partial charge is 0.270 e. The van der Waals surface area contributed by atoms with Gasteiger partial charge in [-0.2, -0.15) is 0 Å². The summed E-state index contributed by atoms with van der Waals surface area (Å²) in [4.78, 5) is 39.5. The molecule has 0 aliphatic heterocycles. The third kappa shape index (κ3) is 6.19. The van der Waals surface area contributed by atoms with Crippen molar-refractivity contribution in [3.05, 3.63) is 172 Å². The number of nitrogens with zero attached hydrogens (tertiary/aromatic N) is 1. The lowest BCUT2D eigenvalue weighted by Gasteiger charge is -2.24. The van der Waals surface area contributed by atoms with Gasteiger partial charge in [0.2, 0.25) is 0 Å². The first-order valence-electron chi connectivity index (χ1n) is 13.1. The molecule has 198 valence electrons. The molecule has 5 heteroatoms. The summed E-state index contributed by atoms with van der Waals surface area (Å²) in [7, 11) is 0. The number of Topliss-reactive ketones (excluding diaryl/α,β-unsaturated/α-hetero) is 2. The van der Waals surface area contributed by atoms with Crippen LogP contribution in [0.3, 0.4) is 0 Å². The summed E-state index contributed by atoms with van der Waals surface area (Å²) in [6, 6.07) is 40.5. The Bertz CT molecular complexity index is 1700. The van der Waals surface area contributed by atoms with Gasteiger partial charge in [-0.05, 0) is 28.8 Å².